The molecule has 10 heteroatoms. The second kappa shape index (κ2) is 11.0. The van der Waals surface area contributed by atoms with Crippen molar-refractivity contribution in [2.75, 3.05) is 11.3 Å². The predicted molar refractivity (Wildman–Crippen MR) is 160 cm³/mol. The Hall–Kier alpha value is -4.15. The van der Waals surface area contributed by atoms with Crippen LogP contribution in [0.5, 0.6) is 0 Å². The number of nitrogens with zero attached hydrogens (tertiary/aromatic N) is 1. The Labute approximate surface area is 240 Å². The number of aromatic amines is 1. The molecule has 5 rings (SSSR count). The number of aryl methyl sites for hydroxylation is 1. The van der Waals surface area contributed by atoms with Crippen molar-refractivity contribution in [3.05, 3.63) is 95.2 Å². The lowest BCUT2D eigenvalue weighted by atomic mass is 9.97. The summed E-state index contributed by atoms with van der Waals surface area (Å²) in [4.78, 5) is 31.9. The maximum atomic E-state index is 13.9. The molecule has 214 valence electrons. The molecule has 0 unspecified atom stereocenters. The van der Waals surface area contributed by atoms with Crippen LogP contribution in [0.2, 0.25) is 0 Å². The van der Waals surface area contributed by atoms with Gasteiger partial charge in [0.2, 0.25) is 11.8 Å². The monoisotopic (exact) mass is 573 g/mol. The number of hydrogen-bond acceptors (Lipinski definition) is 5. The number of anilines is 1. The molecule has 3 aromatic carbocycles. The van der Waals surface area contributed by atoms with Crippen molar-refractivity contribution in [3.8, 4) is 0 Å². The molecular weight excluding hydrogens is 538 g/mol. The van der Waals surface area contributed by atoms with Gasteiger partial charge in [-0.15, -0.1) is 0 Å². The Bertz CT molecular complexity index is 1700. The van der Waals surface area contributed by atoms with Crippen molar-refractivity contribution in [1.82, 2.24) is 15.2 Å². The zero-order chi connectivity index (χ0) is 29.4. The number of carbonyl (C=O) groups is 2. The van der Waals surface area contributed by atoms with Crippen LogP contribution >= 0.6 is 0 Å². The van der Waals surface area contributed by atoms with Gasteiger partial charge in [0.25, 0.3) is 10.0 Å². The molecule has 1 atom stereocenters. The van der Waals surface area contributed by atoms with Gasteiger partial charge >= 0.3 is 0 Å². The summed E-state index contributed by atoms with van der Waals surface area (Å²) in [6, 6.07) is 19.0. The average Bonchev–Trinajstić information content (AvgIpc) is 3.34. The van der Waals surface area contributed by atoms with Gasteiger partial charge in [-0.1, -0.05) is 42.0 Å². The molecule has 0 radical (unpaired) electrons. The molecule has 0 fully saturated rings. The number of amides is 2. The number of sulfonamides is 1. The molecule has 4 aromatic rings. The van der Waals surface area contributed by atoms with E-state index in [1.54, 1.807) is 55.1 Å². The number of para-hydroxylation sites is 1. The summed E-state index contributed by atoms with van der Waals surface area (Å²) >= 11 is 0. The molecule has 0 bridgehead atoms. The summed E-state index contributed by atoms with van der Waals surface area (Å²) in [6.07, 6.45) is 2.77. The quantitative estimate of drug-likeness (QED) is 0.255. The summed E-state index contributed by atoms with van der Waals surface area (Å²) < 4.78 is 28.5. The van der Waals surface area contributed by atoms with Crippen molar-refractivity contribution >= 4 is 38.4 Å². The minimum atomic E-state index is -3.77. The van der Waals surface area contributed by atoms with Crippen LogP contribution in [0.3, 0.4) is 0 Å². The number of hydrogen-bond donors (Lipinski definition) is 4. The van der Waals surface area contributed by atoms with Gasteiger partial charge in [0, 0.05) is 42.3 Å². The third-order valence-electron chi connectivity index (χ3n) is 7.40. The molecule has 2 amide bonds. The van der Waals surface area contributed by atoms with E-state index >= 15 is 0 Å². The third kappa shape index (κ3) is 6.28. The first-order valence-corrected chi connectivity index (χ1v) is 15.0. The van der Waals surface area contributed by atoms with E-state index in [4.69, 9.17) is 5.73 Å². The van der Waals surface area contributed by atoms with Gasteiger partial charge < -0.3 is 20.9 Å². The molecule has 1 aliphatic heterocycles. The fourth-order valence-electron chi connectivity index (χ4n) is 5.03. The van der Waals surface area contributed by atoms with Crippen LogP contribution in [0.4, 0.5) is 5.69 Å². The average molecular weight is 574 g/mol. The van der Waals surface area contributed by atoms with Crippen LogP contribution in [-0.2, 0) is 39.0 Å². The lowest BCUT2D eigenvalue weighted by Crippen LogP contribution is -2.57. The zero-order valence-corrected chi connectivity index (χ0v) is 24.2. The molecule has 5 N–H and O–H groups in total. The first-order chi connectivity index (χ1) is 19.4. The van der Waals surface area contributed by atoms with E-state index in [9.17, 15) is 18.0 Å². The van der Waals surface area contributed by atoms with Crippen LogP contribution in [0.1, 0.15) is 36.1 Å². The molecule has 0 spiro atoms. The molecule has 41 heavy (non-hydrogen) atoms. The molecular formula is C31H35N5O4S. The summed E-state index contributed by atoms with van der Waals surface area (Å²) in [6.45, 7) is 5.87. The van der Waals surface area contributed by atoms with E-state index in [1.807, 2.05) is 43.5 Å². The summed E-state index contributed by atoms with van der Waals surface area (Å²) in [5.74, 6) is -0.634. The van der Waals surface area contributed by atoms with Gasteiger partial charge in [-0.2, -0.15) is 0 Å². The number of fused-ring (bicyclic) bond motifs is 2. The number of nitrogens with two attached hydrogens (primary N) is 1. The highest BCUT2D eigenvalue weighted by Crippen LogP contribution is 2.26. The highest BCUT2D eigenvalue weighted by molar-refractivity contribution is 7.92. The minimum Gasteiger partial charge on any atom is -0.361 e. The number of nitrogens with one attached hydrogen (secondary N) is 3. The van der Waals surface area contributed by atoms with Gasteiger partial charge in [0.1, 0.15) is 6.04 Å². The Morgan fingerprint density at radius 1 is 1.05 bits per heavy atom. The first-order valence-electron chi connectivity index (χ1n) is 13.6. The standard InChI is InChI=1S/C31H35N5O4S/c1-20-8-12-25(13-9-20)41(39,40)35-24-11-10-21-14-15-36(19-23(21)16-24)29(37)28(34-30(38)31(2,3)32)17-22-18-33-27-7-5-4-6-26(22)27/h4-13,16,18,28,33,35H,14-15,17,19,32H2,1-3H3,(H,34,38)/t28-/m1/s1. The lowest BCUT2D eigenvalue weighted by molar-refractivity contribution is -0.138. The van der Waals surface area contributed by atoms with Gasteiger partial charge in [-0.3, -0.25) is 14.3 Å². The van der Waals surface area contributed by atoms with Crippen molar-refractivity contribution < 1.29 is 18.0 Å². The Kier molecular flexibility index (Phi) is 7.63. The number of H-pyrrole nitrogens is 1. The molecule has 0 aliphatic carbocycles. The van der Waals surface area contributed by atoms with Crippen LogP contribution in [-0.4, -0.2) is 48.2 Å². The lowest BCUT2D eigenvalue weighted by Gasteiger charge is -2.33. The fraction of sp³-hybridized carbons (Fsp3) is 0.290. The Balaban J connectivity index is 1.37. The number of rotatable bonds is 8. The highest BCUT2D eigenvalue weighted by Gasteiger charge is 2.32. The van der Waals surface area contributed by atoms with Crippen LogP contribution in [0.15, 0.2) is 77.8 Å². The Morgan fingerprint density at radius 3 is 2.51 bits per heavy atom. The van der Waals surface area contributed by atoms with Gasteiger partial charge in [-0.25, -0.2) is 8.42 Å². The topological polar surface area (TPSA) is 137 Å². The Morgan fingerprint density at radius 2 is 1.78 bits per heavy atom. The smallest absolute Gasteiger partial charge is 0.261 e. The second-order valence-electron chi connectivity index (χ2n) is 11.2. The zero-order valence-electron chi connectivity index (χ0n) is 23.4. The van der Waals surface area contributed by atoms with E-state index in [0.29, 0.717) is 31.6 Å². The van der Waals surface area contributed by atoms with Crippen LogP contribution in [0.25, 0.3) is 10.9 Å². The summed E-state index contributed by atoms with van der Waals surface area (Å²) in [7, 11) is -3.77. The van der Waals surface area contributed by atoms with Gasteiger partial charge in [0.05, 0.1) is 10.4 Å². The SMILES string of the molecule is Cc1ccc(S(=O)(=O)Nc2ccc3c(c2)CN(C(=O)[C@@H](Cc2c[nH]c4ccccc24)NC(=O)C(C)(C)N)CC3)cc1. The predicted octanol–water partition coefficient (Wildman–Crippen LogP) is 3.63. The third-order valence-corrected chi connectivity index (χ3v) is 8.80. The van der Waals surface area contributed by atoms with E-state index < -0.39 is 27.5 Å². The first kappa shape index (κ1) is 28.4. The number of benzene rings is 3. The second-order valence-corrected chi connectivity index (χ2v) is 12.9. The van der Waals surface area contributed by atoms with E-state index in [-0.39, 0.29) is 10.8 Å². The van der Waals surface area contributed by atoms with Crippen LogP contribution < -0.4 is 15.8 Å². The van der Waals surface area contributed by atoms with E-state index in [1.165, 1.54) is 0 Å². The van der Waals surface area contributed by atoms with Crippen molar-refractivity contribution in [2.24, 2.45) is 5.73 Å². The largest absolute Gasteiger partial charge is 0.361 e. The van der Waals surface area contributed by atoms with Gasteiger partial charge in [-0.05, 0) is 74.2 Å². The fourth-order valence-corrected chi connectivity index (χ4v) is 6.07. The summed E-state index contributed by atoms with van der Waals surface area (Å²) in [5, 5.41) is 3.87. The van der Waals surface area contributed by atoms with Crippen molar-refractivity contribution in [3.63, 3.8) is 0 Å². The van der Waals surface area contributed by atoms with Crippen molar-refractivity contribution in [1.29, 1.82) is 0 Å². The molecule has 2 heterocycles. The molecule has 0 saturated heterocycles. The molecule has 1 aromatic heterocycles. The number of aromatic nitrogens is 1. The molecule has 0 saturated carbocycles. The minimum absolute atomic E-state index is 0.177. The van der Waals surface area contributed by atoms with E-state index in [0.717, 1.165) is 33.2 Å². The number of carbonyl (C=O) groups excluding carboxylic acids is 2. The summed E-state index contributed by atoms with van der Waals surface area (Å²) in [5.41, 5.74) is 10.1. The van der Waals surface area contributed by atoms with Crippen molar-refractivity contribution in [2.45, 2.75) is 56.6 Å². The van der Waals surface area contributed by atoms with E-state index in [2.05, 4.69) is 15.0 Å². The maximum Gasteiger partial charge on any atom is 0.261 e. The maximum absolute atomic E-state index is 13.9. The van der Waals surface area contributed by atoms with Crippen LogP contribution in [0, 0.1) is 6.92 Å². The molecule has 9 nitrogen and oxygen atoms in total. The normalized spacial score (nSPS) is 14.4. The highest BCUT2D eigenvalue weighted by atomic mass is 32.2. The molecule has 1 aliphatic rings. The van der Waals surface area contributed by atoms with Gasteiger partial charge in [0.15, 0.2) is 0 Å².